The number of hydrogen-bond acceptors (Lipinski definition) is 2. The summed E-state index contributed by atoms with van der Waals surface area (Å²) in [5.41, 5.74) is 2.00. The highest BCUT2D eigenvalue weighted by Crippen LogP contribution is 2.24. The average molecular weight is 208 g/mol. The lowest BCUT2D eigenvalue weighted by atomic mass is 10.1. The van der Waals surface area contributed by atoms with E-state index in [1.165, 1.54) is 6.39 Å². The van der Waals surface area contributed by atoms with E-state index in [-0.39, 0.29) is 0 Å². The van der Waals surface area contributed by atoms with Crippen molar-refractivity contribution in [2.75, 3.05) is 0 Å². The summed E-state index contributed by atoms with van der Waals surface area (Å²) in [6.45, 7) is 2.05. The Hall–Kier alpha value is -1.28. The average Bonchev–Trinajstić information content (AvgIpc) is 2.67. The second kappa shape index (κ2) is 3.84. The minimum absolute atomic E-state index is 0.728. The standard InChI is InChI=1S/C11H10ClNO/c1-2-10-11(14-7-13-10)8-3-5-9(12)6-4-8/h3-7H,2H2,1H3. The highest BCUT2D eigenvalue weighted by atomic mass is 35.5. The number of hydrogen-bond donors (Lipinski definition) is 0. The lowest BCUT2D eigenvalue weighted by Crippen LogP contribution is -1.83. The van der Waals surface area contributed by atoms with Crippen LogP contribution in [0.1, 0.15) is 12.6 Å². The summed E-state index contributed by atoms with van der Waals surface area (Å²) >= 11 is 5.80. The van der Waals surface area contributed by atoms with Crippen LogP contribution in [0.2, 0.25) is 5.02 Å². The molecule has 0 fully saturated rings. The molecule has 0 saturated heterocycles. The summed E-state index contributed by atoms with van der Waals surface area (Å²) in [7, 11) is 0. The van der Waals surface area contributed by atoms with Gasteiger partial charge in [-0.25, -0.2) is 4.98 Å². The van der Waals surface area contributed by atoms with Crippen molar-refractivity contribution in [2.45, 2.75) is 13.3 Å². The fourth-order valence-electron chi connectivity index (χ4n) is 1.36. The molecule has 0 bridgehead atoms. The van der Waals surface area contributed by atoms with Gasteiger partial charge in [0.05, 0.1) is 5.69 Å². The molecule has 2 nitrogen and oxygen atoms in total. The van der Waals surface area contributed by atoms with E-state index in [0.717, 1.165) is 28.5 Å². The molecule has 0 spiro atoms. The van der Waals surface area contributed by atoms with Crippen LogP contribution in [-0.2, 0) is 6.42 Å². The first-order valence-corrected chi connectivity index (χ1v) is 4.87. The maximum absolute atomic E-state index is 5.80. The van der Waals surface area contributed by atoms with Crippen molar-refractivity contribution in [3.8, 4) is 11.3 Å². The zero-order valence-electron chi connectivity index (χ0n) is 7.83. The topological polar surface area (TPSA) is 26.0 Å². The summed E-state index contributed by atoms with van der Waals surface area (Å²) in [5.74, 6) is 0.837. The molecule has 2 aromatic rings. The van der Waals surface area contributed by atoms with E-state index in [9.17, 15) is 0 Å². The van der Waals surface area contributed by atoms with Crippen LogP contribution in [0.25, 0.3) is 11.3 Å². The second-order valence-corrected chi connectivity index (χ2v) is 3.43. The largest absolute Gasteiger partial charge is 0.443 e. The lowest BCUT2D eigenvalue weighted by molar-refractivity contribution is 0.571. The Morgan fingerprint density at radius 1 is 1.29 bits per heavy atom. The van der Waals surface area contributed by atoms with Crippen molar-refractivity contribution in [3.05, 3.63) is 41.4 Å². The molecule has 0 aliphatic heterocycles. The third kappa shape index (κ3) is 1.66. The van der Waals surface area contributed by atoms with Crippen LogP contribution >= 0.6 is 11.6 Å². The van der Waals surface area contributed by atoms with E-state index in [2.05, 4.69) is 11.9 Å². The van der Waals surface area contributed by atoms with Gasteiger partial charge < -0.3 is 4.42 Å². The summed E-state index contributed by atoms with van der Waals surface area (Å²) in [4.78, 5) is 4.13. The molecule has 0 N–H and O–H groups in total. The smallest absolute Gasteiger partial charge is 0.181 e. The first-order valence-electron chi connectivity index (χ1n) is 4.49. The molecule has 0 saturated carbocycles. The number of oxazole rings is 1. The van der Waals surface area contributed by atoms with E-state index in [1.54, 1.807) is 0 Å². The van der Waals surface area contributed by atoms with Gasteiger partial charge in [0.25, 0.3) is 0 Å². The molecule has 0 radical (unpaired) electrons. The minimum atomic E-state index is 0.728. The van der Waals surface area contributed by atoms with Gasteiger partial charge in [-0.2, -0.15) is 0 Å². The Morgan fingerprint density at radius 2 is 2.00 bits per heavy atom. The molecule has 1 aromatic carbocycles. The fraction of sp³-hybridized carbons (Fsp3) is 0.182. The molecule has 1 aromatic heterocycles. The molecule has 0 aliphatic carbocycles. The molecule has 3 heteroatoms. The van der Waals surface area contributed by atoms with Crippen molar-refractivity contribution in [2.24, 2.45) is 0 Å². The Balaban J connectivity index is 2.44. The summed E-state index contributed by atoms with van der Waals surface area (Å²) in [6.07, 6.45) is 2.34. The number of aromatic nitrogens is 1. The maximum atomic E-state index is 5.80. The zero-order chi connectivity index (χ0) is 9.97. The molecule has 0 amide bonds. The van der Waals surface area contributed by atoms with Gasteiger partial charge in [-0.1, -0.05) is 18.5 Å². The van der Waals surface area contributed by atoms with Gasteiger partial charge in [0, 0.05) is 10.6 Å². The maximum Gasteiger partial charge on any atom is 0.181 e. The van der Waals surface area contributed by atoms with Crippen LogP contribution < -0.4 is 0 Å². The molecule has 14 heavy (non-hydrogen) atoms. The first-order chi connectivity index (χ1) is 6.81. The molecule has 0 unspecified atom stereocenters. The van der Waals surface area contributed by atoms with Crippen LogP contribution in [0.5, 0.6) is 0 Å². The van der Waals surface area contributed by atoms with Gasteiger partial charge in [0.1, 0.15) is 0 Å². The Labute approximate surface area is 87.5 Å². The monoisotopic (exact) mass is 207 g/mol. The van der Waals surface area contributed by atoms with Gasteiger partial charge in [-0.3, -0.25) is 0 Å². The van der Waals surface area contributed by atoms with Crippen LogP contribution in [0.4, 0.5) is 0 Å². The molecule has 72 valence electrons. The number of rotatable bonds is 2. The van der Waals surface area contributed by atoms with Crippen LogP contribution in [0, 0.1) is 0 Å². The number of aryl methyl sites for hydroxylation is 1. The summed E-state index contributed by atoms with van der Waals surface area (Å²) in [6, 6.07) is 7.56. The Morgan fingerprint density at radius 3 is 2.64 bits per heavy atom. The van der Waals surface area contributed by atoms with E-state index < -0.39 is 0 Å². The van der Waals surface area contributed by atoms with Crippen LogP contribution in [0.15, 0.2) is 35.1 Å². The zero-order valence-corrected chi connectivity index (χ0v) is 8.58. The van der Waals surface area contributed by atoms with E-state index in [1.807, 2.05) is 24.3 Å². The third-order valence-corrected chi connectivity index (χ3v) is 2.33. The molecular formula is C11H10ClNO. The van der Waals surface area contributed by atoms with Crippen molar-refractivity contribution in [3.63, 3.8) is 0 Å². The Kier molecular flexibility index (Phi) is 2.55. The van der Waals surface area contributed by atoms with E-state index in [4.69, 9.17) is 16.0 Å². The first kappa shape index (κ1) is 9.28. The fourth-order valence-corrected chi connectivity index (χ4v) is 1.48. The SMILES string of the molecule is CCc1ncoc1-c1ccc(Cl)cc1. The molecule has 1 heterocycles. The van der Waals surface area contributed by atoms with Gasteiger partial charge in [0.15, 0.2) is 12.2 Å². The van der Waals surface area contributed by atoms with Gasteiger partial charge in [-0.15, -0.1) is 0 Å². The second-order valence-electron chi connectivity index (χ2n) is 2.99. The summed E-state index contributed by atoms with van der Waals surface area (Å²) < 4.78 is 5.33. The minimum Gasteiger partial charge on any atom is -0.443 e. The highest BCUT2D eigenvalue weighted by Gasteiger charge is 2.07. The van der Waals surface area contributed by atoms with Crippen molar-refractivity contribution >= 4 is 11.6 Å². The van der Waals surface area contributed by atoms with Crippen molar-refractivity contribution in [1.29, 1.82) is 0 Å². The van der Waals surface area contributed by atoms with Crippen LogP contribution in [0.3, 0.4) is 0 Å². The molecule has 2 rings (SSSR count). The number of nitrogens with zero attached hydrogens (tertiary/aromatic N) is 1. The number of benzene rings is 1. The molecule has 0 atom stereocenters. The lowest BCUT2D eigenvalue weighted by Gasteiger charge is -1.98. The highest BCUT2D eigenvalue weighted by molar-refractivity contribution is 6.30. The summed E-state index contributed by atoms with van der Waals surface area (Å²) in [5, 5.41) is 0.728. The van der Waals surface area contributed by atoms with Gasteiger partial charge in [-0.05, 0) is 30.7 Å². The normalized spacial score (nSPS) is 10.4. The molecule has 0 aliphatic rings. The van der Waals surface area contributed by atoms with Crippen molar-refractivity contribution < 1.29 is 4.42 Å². The van der Waals surface area contributed by atoms with Crippen molar-refractivity contribution in [1.82, 2.24) is 4.98 Å². The van der Waals surface area contributed by atoms with E-state index in [0.29, 0.717) is 0 Å². The van der Waals surface area contributed by atoms with Crippen LogP contribution in [-0.4, -0.2) is 4.98 Å². The van der Waals surface area contributed by atoms with E-state index >= 15 is 0 Å². The number of halogens is 1. The predicted molar refractivity (Wildman–Crippen MR) is 56.3 cm³/mol. The predicted octanol–water partition coefficient (Wildman–Crippen LogP) is 3.56. The van der Waals surface area contributed by atoms with Gasteiger partial charge in [0.2, 0.25) is 0 Å². The third-order valence-electron chi connectivity index (χ3n) is 2.08. The van der Waals surface area contributed by atoms with Gasteiger partial charge >= 0.3 is 0 Å². The molecular weight excluding hydrogens is 198 g/mol. The Bertz CT molecular complexity index is 419. The quantitative estimate of drug-likeness (QED) is 0.753.